The lowest BCUT2D eigenvalue weighted by Crippen LogP contribution is -2.14. The lowest BCUT2D eigenvalue weighted by atomic mass is 10.2. The number of nitrogen functional groups attached to an aromatic ring is 1. The Balaban J connectivity index is 2.43. The number of anilines is 2. The van der Waals surface area contributed by atoms with Crippen molar-refractivity contribution >= 4 is 37.3 Å². The molecule has 0 amide bonds. The fourth-order valence-electron chi connectivity index (χ4n) is 1.64. The lowest BCUT2D eigenvalue weighted by molar-refractivity contribution is 0.600. The standard InChI is InChI=1S/C13H9BrFN3O2S/c14-11-3-2-10(6-12(11)15)18-21(19,20)13-4-1-9(17)5-8(13)7-16/h1-6,18H,17H2. The molecule has 0 atom stereocenters. The second kappa shape index (κ2) is 5.71. The predicted octanol–water partition coefficient (Wildman–Crippen LogP) is 2.84. The molecule has 2 aromatic carbocycles. The van der Waals surface area contributed by atoms with Gasteiger partial charge in [0.15, 0.2) is 0 Å². The van der Waals surface area contributed by atoms with Crippen LogP contribution in [0.15, 0.2) is 45.8 Å². The van der Waals surface area contributed by atoms with Gasteiger partial charge in [0.2, 0.25) is 0 Å². The van der Waals surface area contributed by atoms with Gasteiger partial charge >= 0.3 is 0 Å². The largest absolute Gasteiger partial charge is 0.399 e. The van der Waals surface area contributed by atoms with Crippen LogP contribution in [0.2, 0.25) is 0 Å². The second-order valence-corrected chi connectivity index (χ2v) is 6.61. The minimum atomic E-state index is -4.01. The minimum absolute atomic E-state index is 0.0522. The molecule has 3 N–H and O–H groups in total. The highest BCUT2D eigenvalue weighted by Gasteiger charge is 2.19. The van der Waals surface area contributed by atoms with Crippen molar-refractivity contribution in [3.05, 3.63) is 52.3 Å². The third-order valence-corrected chi connectivity index (χ3v) is 4.67. The van der Waals surface area contributed by atoms with Crippen molar-refractivity contribution < 1.29 is 12.8 Å². The molecule has 0 aliphatic rings. The summed E-state index contributed by atoms with van der Waals surface area (Å²) in [4.78, 5) is -0.220. The number of hydrogen-bond donors (Lipinski definition) is 2. The molecule has 2 aromatic rings. The molecule has 0 radical (unpaired) electrons. The van der Waals surface area contributed by atoms with Crippen LogP contribution in [0.3, 0.4) is 0 Å². The number of nitrogens with zero attached hydrogens (tertiary/aromatic N) is 1. The highest BCUT2D eigenvalue weighted by Crippen LogP contribution is 2.24. The van der Waals surface area contributed by atoms with E-state index in [2.05, 4.69) is 20.7 Å². The Morgan fingerprint density at radius 3 is 2.57 bits per heavy atom. The molecule has 0 spiro atoms. The summed E-state index contributed by atoms with van der Waals surface area (Å²) in [5, 5.41) is 8.99. The zero-order valence-electron chi connectivity index (χ0n) is 10.5. The number of nitrogens with one attached hydrogen (secondary N) is 1. The van der Waals surface area contributed by atoms with Crippen LogP contribution in [0.5, 0.6) is 0 Å². The SMILES string of the molecule is N#Cc1cc(N)ccc1S(=O)(=O)Nc1ccc(Br)c(F)c1. The summed E-state index contributed by atoms with van der Waals surface area (Å²) in [5.74, 6) is -0.604. The Morgan fingerprint density at radius 1 is 1.24 bits per heavy atom. The van der Waals surface area contributed by atoms with Gasteiger partial charge in [0.1, 0.15) is 16.8 Å². The molecule has 5 nitrogen and oxygen atoms in total. The van der Waals surface area contributed by atoms with Crippen LogP contribution < -0.4 is 10.5 Å². The summed E-state index contributed by atoms with van der Waals surface area (Å²) < 4.78 is 40.3. The van der Waals surface area contributed by atoms with E-state index < -0.39 is 15.8 Å². The number of sulfonamides is 1. The van der Waals surface area contributed by atoms with Crippen molar-refractivity contribution in [2.75, 3.05) is 10.5 Å². The van der Waals surface area contributed by atoms with Gasteiger partial charge < -0.3 is 5.73 Å². The number of benzene rings is 2. The number of nitriles is 1. The Morgan fingerprint density at radius 2 is 1.95 bits per heavy atom. The van der Waals surface area contributed by atoms with Gasteiger partial charge in [0.05, 0.1) is 15.7 Å². The third-order valence-electron chi connectivity index (χ3n) is 2.59. The van der Waals surface area contributed by atoms with E-state index >= 15 is 0 Å². The van der Waals surface area contributed by atoms with Gasteiger partial charge in [-0.1, -0.05) is 0 Å². The molecule has 0 aliphatic carbocycles. The van der Waals surface area contributed by atoms with Crippen LogP contribution in [-0.4, -0.2) is 8.42 Å². The summed E-state index contributed by atoms with van der Waals surface area (Å²) >= 11 is 2.98. The van der Waals surface area contributed by atoms with Crippen LogP contribution in [0.4, 0.5) is 15.8 Å². The average molecular weight is 370 g/mol. The van der Waals surface area contributed by atoms with Gasteiger partial charge in [0, 0.05) is 5.69 Å². The molecular formula is C13H9BrFN3O2S. The van der Waals surface area contributed by atoms with Crippen molar-refractivity contribution in [1.82, 2.24) is 0 Å². The molecule has 0 unspecified atom stereocenters. The molecule has 108 valence electrons. The molecule has 21 heavy (non-hydrogen) atoms. The maximum atomic E-state index is 13.4. The highest BCUT2D eigenvalue weighted by atomic mass is 79.9. The molecule has 0 saturated carbocycles. The summed E-state index contributed by atoms with van der Waals surface area (Å²) in [6.45, 7) is 0. The minimum Gasteiger partial charge on any atom is -0.399 e. The van der Waals surface area contributed by atoms with E-state index in [9.17, 15) is 12.8 Å². The van der Waals surface area contributed by atoms with Crippen molar-refractivity contribution in [2.45, 2.75) is 4.90 Å². The van der Waals surface area contributed by atoms with Gasteiger partial charge in [-0.3, -0.25) is 4.72 Å². The predicted molar refractivity (Wildman–Crippen MR) is 80.5 cm³/mol. The number of rotatable bonds is 3. The number of nitrogens with two attached hydrogens (primary N) is 1. The first-order valence-corrected chi connectivity index (χ1v) is 7.88. The normalized spacial score (nSPS) is 10.9. The highest BCUT2D eigenvalue weighted by molar-refractivity contribution is 9.10. The lowest BCUT2D eigenvalue weighted by Gasteiger charge is -2.10. The maximum absolute atomic E-state index is 13.4. The number of halogens is 2. The van der Waals surface area contributed by atoms with Crippen molar-refractivity contribution in [3.8, 4) is 6.07 Å². The Kier molecular flexibility index (Phi) is 4.16. The molecule has 0 fully saturated rings. The molecular weight excluding hydrogens is 361 g/mol. The zero-order valence-corrected chi connectivity index (χ0v) is 12.9. The monoisotopic (exact) mass is 369 g/mol. The fourth-order valence-corrected chi connectivity index (χ4v) is 3.07. The van der Waals surface area contributed by atoms with E-state index in [1.807, 2.05) is 0 Å². The van der Waals surface area contributed by atoms with E-state index in [1.54, 1.807) is 6.07 Å². The molecule has 8 heteroatoms. The molecule has 0 saturated heterocycles. The quantitative estimate of drug-likeness (QED) is 0.812. The summed E-state index contributed by atoms with van der Waals surface area (Å²) in [7, 11) is -4.01. The average Bonchev–Trinajstić information content (AvgIpc) is 2.42. The molecule has 0 heterocycles. The van der Waals surface area contributed by atoms with Crippen LogP contribution in [0, 0.1) is 17.1 Å². The summed E-state index contributed by atoms with van der Waals surface area (Å²) in [6.07, 6.45) is 0. The van der Waals surface area contributed by atoms with Crippen molar-refractivity contribution in [3.63, 3.8) is 0 Å². The first kappa shape index (κ1) is 15.3. The molecule has 0 aromatic heterocycles. The Labute approximate surface area is 129 Å². The van der Waals surface area contributed by atoms with E-state index in [0.29, 0.717) is 0 Å². The van der Waals surface area contributed by atoms with Gasteiger partial charge in [0.25, 0.3) is 10.0 Å². The van der Waals surface area contributed by atoms with Crippen LogP contribution >= 0.6 is 15.9 Å². The van der Waals surface area contributed by atoms with E-state index in [4.69, 9.17) is 11.0 Å². The van der Waals surface area contributed by atoms with Crippen molar-refractivity contribution in [2.24, 2.45) is 0 Å². The molecule has 2 rings (SSSR count). The first-order chi connectivity index (χ1) is 9.83. The van der Waals surface area contributed by atoms with Gasteiger partial charge in [-0.05, 0) is 52.3 Å². The molecule has 0 bridgehead atoms. The van der Waals surface area contributed by atoms with Gasteiger partial charge in [-0.25, -0.2) is 12.8 Å². The first-order valence-electron chi connectivity index (χ1n) is 5.61. The Bertz CT molecular complexity index is 847. The smallest absolute Gasteiger partial charge is 0.263 e. The Hall–Kier alpha value is -2.11. The number of hydrogen-bond acceptors (Lipinski definition) is 4. The zero-order chi connectivity index (χ0) is 15.6. The van der Waals surface area contributed by atoms with Crippen LogP contribution in [0.1, 0.15) is 5.56 Å². The maximum Gasteiger partial charge on any atom is 0.263 e. The fraction of sp³-hybridized carbons (Fsp3) is 0. The van der Waals surface area contributed by atoms with Gasteiger partial charge in [-0.15, -0.1) is 0 Å². The van der Waals surface area contributed by atoms with E-state index in [0.717, 1.165) is 6.07 Å². The third kappa shape index (κ3) is 3.32. The molecule has 0 aliphatic heterocycles. The van der Waals surface area contributed by atoms with Crippen LogP contribution in [0.25, 0.3) is 0 Å². The topological polar surface area (TPSA) is 96.0 Å². The van der Waals surface area contributed by atoms with Crippen molar-refractivity contribution in [1.29, 1.82) is 5.26 Å². The van der Waals surface area contributed by atoms with E-state index in [-0.39, 0.29) is 26.3 Å². The summed E-state index contributed by atoms with van der Waals surface area (Å²) in [5.41, 5.74) is 5.76. The second-order valence-electron chi connectivity index (χ2n) is 4.10. The van der Waals surface area contributed by atoms with E-state index in [1.165, 1.54) is 30.3 Å². The summed E-state index contributed by atoms with van der Waals surface area (Å²) in [6, 6.07) is 9.43. The van der Waals surface area contributed by atoms with Gasteiger partial charge in [-0.2, -0.15) is 5.26 Å². The van der Waals surface area contributed by atoms with Crippen LogP contribution in [-0.2, 0) is 10.0 Å².